The van der Waals surface area contributed by atoms with Gasteiger partial charge in [0.1, 0.15) is 0 Å². The summed E-state index contributed by atoms with van der Waals surface area (Å²) in [6, 6.07) is 9.04. The van der Waals surface area contributed by atoms with E-state index >= 15 is 0 Å². The molecule has 2 rings (SSSR count). The Balaban J connectivity index is 1.89. The summed E-state index contributed by atoms with van der Waals surface area (Å²) in [4.78, 5) is 2.60. The average molecular weight is 288 g/mol. The molecule has 0 aliphatic carbocycles. The molecular weight excluding hydrogens is 256 g/mol. The van der Waals surface area contributed by atoms with Gasteiger partial charge in [0.25, 0.3) is 0 Å². The molecule has 2 nitrogen and oxygen atoms in total. The molecule has 0 amide bonds. The molecule has 1 heterocycles. The van der Waals surface area contributed by atoms with E-state index in [0.717, 1.165) is 13.1 Å². The second-order valence-corrected chi connectivity index (χ2v) is 8.36. The Morgan fingerprint density at radius 3 is 2.33 bits per heavy atom. The lowest BCUT2D eigenvalue weighted by molar-refractivity contribution is 0.127. The third kappa shape index (κ3) is 5.80. The van der Waals surface area contributed by atoms with Crippen LogP contribution in [0.5, 0.6) is 0 Å². The van der Waals surface area contributed by atoms with Crippen LogP contribution in [0.25, 0.3) is 0 Å². The highest BCUT2D eigenvalue weighted by molar-refractivity contribution is 5.23. The smallest absolute Gasteiger partial charge is 0.0233 e. The normalized spacial score (nSPS) is 19.7. The number of hydrogen-bond donors (Lipinski definition) is 1. The molecule has 1 aliphatic heterocycles. The summed E-state index contributed by atoms with van der Waals surface area (Å²) < 4.78 is 0. The van der Waals surface area contributed by atoms with Crippen LogP contribution in [0.4, 0.5) is 0 Å². The van der Waals surface area contributed by atoms with E-state index in [1.54, 1.807) is 0 Å². The van der Waals surface area contributed by atoms with Gasteiger partial charge in [0, 0.05) is 18.6 Å². The first-order valence-electron chi connectivity index (χ1n) is 8.29. The minimum Gasteiger partial charge on any atom is -0.308 e. The van der Waals surface area contributed by atoms with Gasteiger partial charge in [-0.25, -0.2) is 0 Å². The van der Waals surface area contributed by atoms with Gasteiger partial charge in [0.15, 0.2) is 0 Å². The second-order valence-electron chi connectivity index (χ2n) is 8.36. The highest BCUT2D eigenvalue weighted by Crippen LogP contribution is 2.30. The summed E-state index contributed by atoms with van der Waals surface area (Å²) in [6.45, 7) is 15.9. The number of piperidine rings is 1. The highest BCUT2D eigenvalue weighted by atomic mass is 15.1. The van der Waals surface area contributed by atoms with Crippen molar-refractivity contribution in [3.63, 3.8) is 0 Å². The lowest BCUT2D eigenvalue weighted by Crippen LogP contribution is -2.37. The molecule has 0 spiro atoms. The fourth-order valence-corrected chi connectivity index (χ4v) is 2.78. The van der Waals surface area contributed by atoms with Crippen LogP contribution in [0.15, 0.2) is 24.3 Å². The first-order chi connectivity index (χ1) is 9.73. The van der Waals surface area contributed by atoms with Crippen molar-refractivity contribution in [3.8, 4) is 0 Å². The zero-order chi connectivity index (χ0) is 15.5. The van der Waals surface area contributed by atoms with E-state index in [4.69, 9.17) is 0 Å². The molecule has 1 aromatic rings. The van der Waals surface area contributed by atoms with Crippen molar-refractivity contribution in [1.82, 2.24) is 10.2 Å². The Kier molecular flexibility index (Phi) is 5.11. The van der Waals surface area contributed by atoms with Crippen molar-refractivity contribution in [1.29, 1.82) is 0 Å². The molecule has 118 valence electrons. The van der Waals surface area contributed by atoms with Crippen LogP contribution in [0.2, 0.25) is 0 Å². The van der Waals surface area contributed by atoms with Gasteiger partial charge >= 0.3 is 0 Å². The molecule has 1 aromatic carbocycles. The van der Waals surface area contributed by atoms with E-state index in [2.05, 4.69) is 69.1 Å². The summed E-state index contributed by atoms with van der Waals surface area (Å²) in [7, 11) is 0. The molecule has 0 saturated carbocycles. The predicted molar refractivity (Wildman–Crippen MR) is 91.3 cm³/mol. The predicted octanol–water partition coefficient (Wildman–Crippen LogP) is 4.20. The third-order valence-electron chi connectivity index (χ3n) is 4.43. The minimum atomic E-state index is 0.175. The fourth-order valence-electron chi connectivity index (χ4n) is 2.78. The number of nitrogens with one attached hydrogen (secondary N) is 1. The maximum atomic E-state index is 3.57. The Morgan fingerprint density at radius 1 is 1.10 bits per heavy atom. The van der Waals surface area contributed by atoms with Crippen molar-refractivity contribution in [2.45, 2.75) is 66.1 Å². The van der Waals surface area contributed by atoms with E-state index < -0.39 is 0 Å². The largest absolute Gasteiger partial charge is 0.308 e. The summed E-state index contributed by atoms with van der Waals surface area (Å²) in [5, 5.41) is 3.57. The van der Waals surface area contributed by atoms with E-state index in [9.17, 15) is 0 Å². The number of rotatable bonds is 4. The van der Waals surface area contributed by atoms with Crippen LogP contribution in [0.3, 0.4) is 0 Å². The zero-order valence-corrected chi connectivity index (χ0v) is 14.5. The summed E-state index contributed by atoms with van der Waals surface area (Å²) >= 11 is 0. The van der Waals surface area contributed by atoms with Gasteiger partial charge in [-0.2, -0.15) is 0 Å². The first-order valence-corrected chi connectivity index (χ1v) is 8.29. The number of likely N-dealkylation sites (tertiary alicyclic amines) is 1. The lowest BCUT2D eigenvalue weighted by Gasteiger charge is -2.37. The summed E-state index contributed by atoms with van der Waals surface area (Å²) in [5.41, 5.74) is 3.55. The van der Waals surface area contributed by atoms with Crippen molar-refractivity contribution in [2.24, 2.45) is 5.41 Å². The monoisotopic (exact) mass is 288 g/mol. The maximum absolute atomic E-state index is 3.57. The average Bonchev–Trinajstić information content (AvgIpc) is 2.39. The molecule has 0 atom stereocenters. The summed E-state index contributed by atoms with van der Waals surface area (Å²) in [5.74, 6) is 0. The van der Waals surface area contributed by atoms with Gasteiger partial charge < -0.3 is 5.32 Å². The maximum Gasteiger partial charge on any atom is 0.0233 e. The highest BCUT2D eigenvalue weighted by Gasteiger charge is 2.25. The van der Waals surface area contributed by atoms with Crippen molar-refractivity contribution >= 4 is 0 Å². The number of benzene rings is 1. The minimum absolute atomic E-state index is 0.175. The molecule has 1 aliphatic rings. The van der Waals surface area contributed by atoms with Crippen LogP contribution in [-0.4, -0.2) is 23.5 Å². The number of nitrogens with zero attached hydrogens (tertiary/aromatic N) is 1. The van der Waals surface area contributed by atoms with Gasteiger partial charge in [-0.1, -0.05) is 38.1 Å². The molecule has 1 fully saturated rings. The lowest BCUT2D eigenvalue weighted by atomic mass is 9.82. The van der Waals surface area contributed by atoms with E-state index in [0.29, 0.717) is 5.41 Å². The van der Waals surface area contributed by atoms with Crippen LogP contribution >= 0.6 is 0 Å². The van der Waals surface area contributed by atoms with Crippen LogP contribution in [0.1, 0.15) is 58.6 Å². The topological polar surface area (TPSA) is 15.3 Å². The quantitative estimate of drug-likeness (QED) is 0.893. The Hall–Kier alpha value is -0.860. The Bertz CT molecular complexity index is 447. The van der Waals surface area contributed by atoms with Gasteiger partial charge in [0.2, 0.25) is 0 Å². The van der Waals surface area contributed by atoms with E-state index in [-0.39, 0.29) is 5.54 Å². The molecule has 2 heteroatoms. The van der Waals surface area contributed by atoms with Gasteiger partial charge in [-0.05, 0) is 63.2 Å². The second kappa shape index (κ2) is 6.50. The van der Waals surface area contributed by atoms with E-state index in [1.807, 2.05) is 0 Å². The van der Waals surface area contributed by atoms with Gasteiger partial charge in [-0.3, -0.25) is 4.90 Å². The fraction of sp³-hybridized carbons (Fsp3) is 0.684. The molecule has 0 aromatic heterocycles. The van der Waals surface area contributed by atoms with E-state index in [1.165, 1.54) is 37.1 Å². The zero-order valence-electron chi connectivity index (χ0n) is 14.5. The molecule has 0 radical (unpaired) electrons. The molecular formula is C19H32N2. The van der Waals surface area contributed by atoms with Crippen LogP contribution < -0.4 is 5.32 Å². The Morgan fingerprint density at radius 2 is 1.71 bits per heavy atom. The molecule has 0 bridgehead atoms. The van der Waals surface area contributed by atoms with Gasteiger partial charge in [0.05, 0.1) is 0 Å². The molecule has 1 saturated heterocycles. The molecule has 0 unspecified atom stereocenters. The van der Waals surface area contributed by atoms with Crippen molar-refractivity contribution < 1.29 is 0 Å². The first kappa shape index (κ1) is 16.5. The van der Waals surface area contributed by atoms with Crippen molar-refractivity contribution in [3.05, 3.63) is 35.4 Å². The molecule has 1 N–H and O–H groups in total. The SMILES string of the molecule is CC1(C)CCN(Cc2cccc(CNC(C)(C)C)c2)CC1. The van der Waals surface area contributed by atoms with Gasteiger partial charge in [-0.15, -0.1) is 0 Å². The number of hydrogen-bond acceptors (Lipinski definition) is 2. The standard InChI is InChI=1S/C19H32N2/c1-18(2,3)20-14-16-7-6-8-17(13-16)15-21-11-9-19(4,5)10-12-21/h6-8,13,20H,9-12,14-15H2,1-5H3. The van der Waals surface area contributed by atoms with Crippen molar-refractivity contribution in [2.75, 3.05) is 13.1 Å². The van der Waals surface area contributed by atoms with Crippen LogP contribution in [0, 0.1) is 5.41 Å². The third-order valence-corrected chi connectivity index (χ3v) is 4.43. The van der Waals surface area contributed by atoms with Crippen LogP contribution in [-0.2, 0) is 13.1 Å². The summed E-state index contributed by atoms with van der Waals surface area (Å²) in [6.07, 6.45) is 2.64. The Labute approximate surface area is 130 Å². The molecule has 21 heavy (non-hydrogen) atoms.